The summed E-state index contributed by atoms with van der Waals surface area (Å²) in [5.41, 5.74) is 2.35. The maximum atomic E-state index is 13.8. The van der Waals surface area contributed by atoms with E-state index in [-0.39, 0.29) is 60.2 Å². The van der Waals surface area contributed by atoms with Gasteiger partial charge in [-0.2, -0.15) is 5.10 Å². The Kier molecular flexibility index (Phi) is 12.4. The molecule has 2 fully saturated rings. The second-order valence-electron chi connectivity index (χ2n) is 12.8. The van der Waals surface area contributed by atoms with Crippen LogP contribution in [0.4, 0.5) is 10.6 Å². The molecule has 2 aliphatic rings. The van der Waals surface area contributed by atoms with Crippen LogP contribution in [0.25, 0.3) is 0 Å². The van der Waals surface area contributed by atoms with Gasteiger partial charge in [0.25, 0.3) is 5.91 Å². The lowest BCUT2D eigenvalue weighted by Crippen LogP contribution is -2.48. The van der Waals surface area contributed by atoms with Crippen LogP contribution in [0.2, 0.25) is 0 Å². The SMILES string of the molecule is CC(C)NC(=O)Nc1cc(C(=O)N[C@H]2CCCC[C@@H]2OCc2ccccc2)n(CC(=O)N[C@H]2CCCC[C@@H]2OCc2ccccc2)n1. The number of rotatable bonds is 13. The molecule has 11 heteroatoms. The molecule has 4 atom stereocenters. The number of ether oxygens (including phenoxy) is 2. The second-order valence-corrected chi connectivity index (χ2v) is 12.8. The molecule has 0 bridgehead atoms. The predicted octanol–water partition coefficient (Wildman–Crippen LogP) is 5.32. The fourth-order valence-electron chi connectivity index (χ4n) is 6.30. The first-order chi connectivity index (χ1) is 22.8. The van der Waals surface area contributed by atoms with Crippen molar-refractivity contribution < 1.29 is 23.9 Å². The van der Waals surface area contributed by atoms with Crippen LogP contribution in [-0.4, -0.2) is 58.0 Å². The minimum Gasteiger partial charge on any atom is -0.371 e. The summed E-state index contributed by atoms with van der Waals surface area (Å²) in [5.74, 6) is -0.463. The van der Waals surface area contributed by atoms with Gasteiger partial charge in [-0.05, 0) is 50.7 Å². The fraction of sp³-hybridized carbons (Fsp3) is 0.500. The summed E-state index contributed by atoms with van der Waals surface area (Å²) in [5, 5.41) is 16.2. The number of amides is 4. The number of carbonyl (C=O) groups is 3. The minimum absolute atomic E-state index is 0.0858. The number of hydrogen-bond donors (Lipinski definition) is 4. The van der Waals surface area contributed by atoms with Crippen LogP contribution in [-0.2, 0) is 34.0 Å². The first-order valence-electron chi connectivity index (χ1n) is 16.9. The molecule has 2 saturated carbocycles. The zero-order valence-electron chi connectivity index (χ0n) is 27.5. The molecule has 1 aromatic heterocycles. The molecule has 252 valence electrons. The Morgan fingerprint density at radius 1 is 0.787 bits per heavy atom. The Labute approximate surface area is 277 Å². The van der Waals surface area contributed by atoms with E-state index in [1.165, 1.54) is 10.7 Å². The van der Waals surface area contributed by atoms with Crippen LogP contribution >= 0.6 is 0 Å². The number of urea groups is 1. The van der Waals surface area contributed by atoms with E-state index in [1.807, 2.05) is 74.5 Å². The predicted molar refractivity (Wildman–Crippen MR) is 180 cm³/mol. The van der Waals surface area contributed by atoms with Crippen molar-refractivity contribution in [2.75, 3.05) is 5.32 Å². The van der Waals surface area contributed by atoms with Gasteiger partial charge in [0.1, 0.15) is 12.2 Å². The molecule has 47 heavy (non-hydrogen) atoms. The smallest absolute Gasteiger partial charge is 0.320 e. The third-order valence-corrected chi connectivity index (χ3v) is 8.65. The molecule has 0 aliphatic heterocycles. The van der Waals surface area contributed by atoms with Crippen molar-refractivity contribution >= 4 is 23.7 Å². The quantitative estimate of drug-likeness (QED) is 0.199. The lowest BCUT2D eigenvalue weighted by Gasteiger charge is -2.32. The van der Waals surface area contributed by atoms with E-state index in [4.69, 9.17) is 9.47 Å². The van der Waals surface area contributed by atoms with E-state index in [0.29, 0.717) is 13.2 Å². The first kappa shape index (κ1) is 34.1. The lowest BCUT2D eigenvalue weighted by atomic mass is 9.92. The number of anilines is 1. The van der Waals surface area contributed by atoms with Crippen molar-refractivity contribution in [1.29, 1.82) is 0 Å². The molecule has 2 aromatic carbocycles. The average molecular weight is 645 g/mol. The number of nitrogens with zero attached hydrogens (tertiary/aromatic N) is 2. The third kappa shape index (κ3) is 10.4. The van der Waals surface area contributed by atoms with Crippen molar-refractivity contribution in [1.82, 2.24) is 25.7 Å². The van der Waals surface area contributed by atoms with Crippen molar-refractivity contribution in [3.05, 3.63) is 83.6 Å². The molecule has 1 heterocycles. The summed E-state index contributed by atoms with van der Waals surface area (Å²) >= 11 is 0. The molecule has 3 aromatic rings. The fourth-order valence-corrected chi connectivity index (χ4v) is 6.30. The van der Waals surface area contributed by atoms with Gasteiger partial charge in [-0.1, -0.05) is 86.3 Å². The third-order valence-electron chi connectivity index (χ3n) is 8.65. The normalized spacial score (nSPS) is 21.2. The molecular weight excluding hydrogens is 596 g/mol. The summed E-state index contributed by atoms with van der Waals surface area (Å²) < 4.78 is 13.9. The van der Waals surface area contributed by atoms with Gasteiger partial charge in [0.2, 0.25) is 5.91 Å². The van der Waals surface area contributed by atoms with E-state index in [1.54, 1.807) is 0 Å². The van der Waals surface area contributed by atoms with Gasteiger partial charge in [-0.25, -0.2) is 9.48 Å². The largest absolute Gasteiger partial charge is 0.371 e. The Bertz CT molecular complexity index is 1450. The molecule has 11 nitrogen and oxygen atoms in total. The maximum Gasteiger partial charge on any atom is 0.320 e. The number of aromatic nitrogens is 2. The topological polar surface area (TPSA) is 136 Å². The highest BCUT2D eigenvalue weighted by Gasteiger charge is 2.31. The second kappa shape index (κ2) is 17.1. The van der Waals surface area contributed by atoms with Crippen LogP contribution in [0, 0.1) is 0 Å². The molecule has 4 N–H and O–H groups in total. The first-order valence-corrected chi connectivity index (χ1v) is 16.9. The monoisotopic (exact) mass is 644 g/mol. The van der Waals surface area contributed by atoms with E-state index in [2.05, 4.69) is 26.4 Å². The summed E-state index contributed by atoms with van der Waals surface area (Å²) in [6.07, 6.45) is 7.11. The molecule has 0 saturated heterocycles. The molecule has 0 unspecified atom stereocenters. The Morgan fingerprint density at radius 3 is 1.87 bits per heavy atom. The Balaban J connectivity index is 1.26. The molecule has 0 radical (unpaired) electrons. The van der Waals surface area contributed by atoms with Gasteiger partial charge in [0.15, 0.2) is 5.82 Å². The lowest BCUT2D eigenvalue weighted by molar-refractivity contribution is -0.124. The van der Waals surface area contributed by atoms with Crippen molar-refractivity contribution in [3.8, 4) is 0 Å². The van der Waals surface area contributed by atoms with Crippen LogP contribution in [0.15, 0.2) is 66.7 Å². The molecule has 0 spiro atoms. The Hall–Kier alpha value is -4.22. The van der Waals surface area contributed by atoms with Crippen LogP contribution < -0.4 is 21.3 Å². The number of benzene rings is 2. The number of nitrogens with one attached hydrogen (secondary N) is 4. The number of hydrogen-bond acceptors (Lipinski definition) is 6. The molecule has 4 amide bonds. The van der Waals surface area contributed by atoms with E-state index < -0.39 is 6.03 Å². The summed E-state index contributed by atoms with van der Waals surface area (Å²) in [6.45, 7) is 4.46. The van der Waals surface area contributed by atoms with Crippen molar-refractivity contribution in [2.24, 2.45) is 0 Å². The minimum atomic E-state index is -0.441. The van der Waals surface area contributed by atoms with Crippen LogP contribution in [0.1, 0.15) is 86.8 Å². The van der Waals surface area contributed by atoms with Gasteiger partial charge in [-0.3, -0.25) is 14.9 Å². The van der Waals surface area contributed by atoms with Gasteiger partial charge in [0, 0.05) is 12.1 Å². The summed E-state index contributed by atoms with van der Waals surface area (Å²) in [7, 11) is 0. The average Bonchev–Trinajstić information content (AvgIpc) is 3.46. The zero-order valence-corrected chi connectivity index (χ0v) is 27.5. The molecule has 2 aliphatic carbocycles. The summed E-state index contributed by atoms with van der Waals surface area (Å²) in [4.78, 5) is 39.7. The van der Waals surface area contributed by atoms with Crippen LogP contribution in [0.5, 0.6) is 0 Å². The van der Waals surface area contributed by atoms with Gasteiger partial charge >= 0.3 is 6.03 Å². The number of carbonyl (C=O) groups excluding carboxylic acids is 3. The van der Waals surface area contributed by atoms with Crippen molar-refractivity contribution in [2.45, 2.75) is 115 Å². The maximum absolute atomic E-state index is 13.8. The zero-order chi connectivity index (χ0) is 33.0. The van der Waals surface area contributed by atoms with Gasteiger partial charge in [0.05, 0.1) is 37.5 Å². The molecule has 5 rings (SSSR count). The highest BCUT2D eigenvalue weighted by molar-refractivity contribution is 5.96. The highest BCUT2D eigenvalue weighted by Crippen LogP contribution is 2.24. The van der Waals surface area contributed by atoms with E-state index in [0.717, 1.165) is 62.5 Å². The van der Waals surface area contributed by atoms with Crippen molar-refractivity contribution in [3.63, 3.8) is 0 Å². The molecular formula is C36H48N6O5. The summed E-state index contributed by atoms with van der Waals surface area (Å²) in [6, 6.07) is 20.6. The van der Waals surface area contributed by atoms with Crippen LogP contribution in [0.3, 0.4) is 0 Å². The van der Waals surface area contributed by atoms with E-state index >= 15 is 0 Å². The highest BCUT2D eigenvalue weighted by atomic mass is 16.5. The van der Waals surface area contributed by atoms with Gasteiger partial charge < -0.3 is 25.4 Å². The van der Waals surface area contributed by atoms with E-state index in [9.17, 15) is 14.4 Å². The Morgan fingerprint density at radius 2 is 1.32 bits per heavy atom. The standard InChI is InChI=1S/C36H48N6O5/c1-25(2)37-36(45)40-33-21-30(35(44)39-29-18-10-12-20-32(29)47-24-27-15-7-4-8-16-27)42(41-33)22-34(43)38-28-17-9-11-19-31(28)46-23-26-13-5-3-6-14-26/h3-8,13-16,21,25,28-29,31-32H,9-12,17-20,22-24H2,1-2H3,(H,38,43)(H,39,44)(H2,37,40,41,45)/t28-,29-,31-,32-/m0/s1. The van der Waals surface area contributed by atoms with Gasteiger partial charge in [-0.15, -0.1) is 0 Å².